The Kier molecular flexibility index (Phi) is 1.63. The molecule has 0 amide bonds. The van der Waals surface area contributed by atoms with Crippen molar-refractivity contribution in [3.63, 3.8) is 0 Å². The second kappa shape index (κ2) is 2.56. The fourth-order valence-electron chi connectivity index (χ4n) is 1.48. The predicted molar refractivity (Wildman–Crippen MR) is 43.3 cm³/mol. The third-order valence-electron chi connectivity index (χ3n) is 2.36. The highest BCUT2D eigenvalue weighted by molar-refractivity contribution is 5.81. The maximum Gasteiger partial charge on any atom is 0.322 e. The van der Waals surface area contributed by atoms with E-state index in [1.165, 1.54) is 0 Å². The number of carboxylic acids is 1. The molecule has 2 rings (SSSR count). The molecule has 0 unspecified atom stereocenters. The van der Waals surface area contributed by atoms with Gasteiger partial charge in [-0.3, -0.25) is 4.79 Å². The smallest absolute Gasteiger partial charge is 0.322 e. The number of nitrogens with zero attached hydrogens (tertiary/aromatic N) is 2. The van der Waals surface area contributed by atoms with Gasteiger partial charge in [0.25, 0.3) is 0 Å². The minimum atomic E-state index is -0.918. The zero-order valence-corrected chi connectivity index (χ0v) is 7.23. The van der Waals surface area contributed by atoms with E-state index in [1.807, 2.05) is 0 Å². The van der Waals surface area contributed by atoms with Crippen LogP contribution in [0.1, 0.15) is 5.82 Å². The van der Waals surface area contributed by atoms with Gasteiger partial charge in [0, 0.05) is 19.4 Å². The van der Waals surface area contributed by atoms with Gasteiger partial charge in [-0.1, -0.05) is 0 Å². The summed E-state index contributed by atoms with van der Waals surface area (Å²) in [4.78, 5) is 15.1. The Hall–Kier alpha value is -1.36. The number of hydrogen-bond acceptors (Lipinski definition) is 3. The van der Waals surface area contributed by atoms with E-state index in [-0.39, 0.29) is 13.2 Å². The predicted octanol–water partition coefficient (Wildman–Crippen LogP) is -0.227. The fourth-order valence-corrected chi connectivity index (χ4v) is 1.48. The van der Waals surface area contributed by atoms with Gasteiger partial charge in [0.05, 0.1) is 13.2 Å². The van der Waals surface area contributed by atoms with Crippen molar-refractivity contribution in [1.82, 2.24) is 9.55 Å². The monoisotopic (exact) mass is 182 g/mol. The van der Waals surface area contributed by atoms with Crippen LogP contribution in [0, 0.1) is 0 Å². The van der Waals surface area contributed by atoms with Crippen molar-refractivity contribution in [3.8, 4) is 0 Å². The normalized spacial score (nSPS) is 19.5. The van der Waals surface area contributed by atoms with Crippen LogP contribution < -0.4 is 0 Å². The van der Waals surface area contributed by atoms with Gasteiger partial charge in [0.15, 0.2) is 5.41 Å². The van der Waals surface area contributed by atoms with Gasteiger partial charge in [-0.15, -0.1) is 0 Å². The maximum atomic E-state index is 11.0. The zero-order valence-electron chi connectivity index (χ0n) is 7.23. The Morgan fingerprint density at radius 3 is 2.77 bits per heavy atom. The van der Waals surface area contributed by atoms with E-state index in [2.05, 4.69) is 4.98 Å². The highest BCUT2D eigenvalue weighted by atomic mass is 16.5. The summed E-state index contributed by atoms with van der Waals surface area (Å²) in [5.41, 5.74) is -0.918. The highest BCUT2D eigenvalue weighted by Crippen LogP contribution is 2.30. The lowest BCUT2D eigenvalue weighted by atomic mass is 9.85. The number of ether oxygens (including phenoxy) is 1. The van der Waals surface area contributed by atoms with Crippen molar-refractivity contribution in [3.05, 3.63) is 18.2 Å². The van der Waals surface area contributed by atoms with Crippen LogP contribution >= 0.6 is 0 Å². The maximum absolute atomic E-state index is 11.0. The van der Waals surface area contributed by atoms with E-state index < -0.39 is 11.4 Å². The Labute approximate surface area is 75.0 Å². The molecule has 0 saturated carbocycles. The molecule has 70 valence electrons. The molecule has 0 aliphatic carbocycles. The van der Waals surface area contributed by atoms with Gasteiger partial charge >= 0.3 is 5.97 Å². The summed E-state index contributed by atoms with van der Waals surface area (Å²) in [7, 11) is 1.78. The summed E-state index contributed by atoms with van der Waals surface area (Å²) >= 11 is 0. The molecule has 1 aromatic rings. The van der Waals surface area contributed by atoms with Crippen molar-refractivity contribution in [2.45, 2.75) is 5.41 Å². The first kappa shape index (κ1) is 8.25. The molecule has 1 N–H and O–H groups in total. The summed E-state index contributed by atoms with van der Waals surface area (Å²) in [6.45, 7) is 0.431. The molecule has 5 heteroatoms. The summed E-state index contributed by atoms with van der Waals surface area (Å²) < 4.78 is 6.66. The third-order valence-corrected chi connectivity index (χ3v) is 2.36. The lowest BCUT2D eigenvalue weighted by Crippen LogP contribution is -2.54. The Morgan fingerprint density at radius 2 is 2.46 bits per heavy atom. The summed E-state index contributed by atoms with van der Waals surface area (Å²) in [5, 5.41) is 9.05. The summed E-state index contributed by atoms with van der Waals surface area (Å²) in [5.74, 6) is -0.306. The van der Waals surface area contributed by atoms with Gasteiger partial charge in [-0.05, 0) is 0 Å². The van der Waals surface area contributed by atoms with Crippen molar-refractivity contribution >= 4 is 5.97 Å². The number of carbonyl (C=O) groups is 1. The second-order valence-corrected chi connectivity index (χ2v) is 3.24. The van der Waals surface area contributed by atoms with Crippen LogP contribution in [0.15, 0.2) is 12.4 Å². The number of rotatable bonds is 2. The van der Waals surface area contributed by atoms with Gasteiger partial charge in [-0.25, -0.2) is 4.98 Å². The number of hydrogen-bond donors (Lipinski definition) is 1. The van der Waals surface area contributed by atoms with Crippen molar-refractivity contribution in [1.29, 1.82) is 0 Å². The van der Waals surface area contributed by atoms with Crippen LogP contribution in [0.4, 0.5) is 0 Å². The molecular formula is C8H10N2O3. The van der Waals surface area contributed by atoms with Gasteiger partial charge in [0.2, 0.25) is 0 Å². The number of aliphatic carboxylic acids is 1. The molecule has 5 nitrogen and oxygen atoms in total. The van der Waals surface area contributed by atoms with Gasteiger partial charge in [0.1, 0.15) is 5.82 Å². The molecule has 1 aliphatic rings. The standard InChI is InChI=1S/C8H10N2O3/c1-10-3-2-9-6(10)8(7(11)12)4-13-5-8/h2-3H,4-5H2,1H3,(H,11,12). The number of aryl methyl sites for hydroxylation is 1. The van der Waals surface area contributed by atoms with E-state index >= 15 is 0 Å². The number of imidazole rings is 1. The highest BCUT2D eigenvalue weighted by Gasteiger charge is 2.50. The van der Waals surface area contributed by atoms with Crippen molar-refractivity contribution in [2.24, 2.45) is 7.05 Å². The molecule has 1 aromatic heterocycles. The molecule has 0 spiro atoms. The number of aromatic nitrogens is 2. The largest absolute Gasteiger partial charge is 0.480 e. The molecule has 0 aromatic carbocycles. The van der Waals surface area contributed by atoms with Crippen LogP contribution in [0.5, 0.6) is 0 Å². The minimum Gasteiger partial charge on any atom is -0.480 e. The quantitative estimate of drug-likeness (QED) is 0.686. The SMILES string of the molecule is Cn1ccnc1C1(C(=O)O)COC1. The minimum absolute atomic E-state index is 0.215. The average molecular weight is 182 g/mol. The Morgan fingerprint density at radius 1 is 1.77 bits per heavy atom. The Balaban J connectivity index is 2.43. The second-order valence-electron chi connectivity index (χ2n) is 3.24. The van der Waals surface area contributed by atoms with Crippen LogP contribution in [0.2, 0.25) is 0 Å². The molecule has 0 atom stereocenters. The number of carboxylic acid groups (broad SMARTS) is 1. The summed E-state index contributed by atoms with van der Waals surface area (Å²) in [6.07, 6.45) is 3.33. The van der Waals surface area contributed by atoms with Crippen molar-refractivity contribution in [2.75, 3.05) is 13.2 Å². The Bertz CT molecular complexity index is 341. The van der Waals surface area contributed by atoms with Gasteiger partial charge < -0.3 is 14.4 Å². The van der Waals surface area contributed by atoms with E-state index in [0.717, 1.165) is 0 Å². The molecule has 1 saturated heterocycles. The first-order valence-corrected chi connectivity index (χ1v) is 3.96. The van der Waals surface area contributed by atoms with Crippen LogP contribution in [0.25, 0.3) is 0 Å². The van der Waals surface area contributed by atoms with Crippen molar-refractivity contribution < 1.29 is 14.6 Å². The lowest BCUT2D eigenvalue weighted by molar-refractivity contribution is -0.164. The first-order valence-electron chi connectivity index (χ1n) is 3.96. The van der Waals surface area contributed by atoms with E-state index in [4.69, 9.17) is 9.84 Å². The summed E-state index contributed by atoms with van der Waals surface area (Å²) in [6, 6.07) is 0. The first-order chi connectivity index (χ1) is 6.17. The molecule has 1 fully saturated rings. The van der Waals surface area contributed by atoms with Crippen LogP contribution in [-0.4, -0.2) is 33.8 Å². The average Bonchev–Trinajstić information content (AvgIpc) is 2.34. The lowest BCUT2D eigenvalue weighted by Gasteiger charge is -2.36. The fraction of sp³-hybridized carbons (Fsp3) is 0.500. The molecule has 2 heterocycles. The molecule has 1 aliphatic heterocycles. The van der Waals surface area contributed by atoms with E-state index in [1.54, 1.807) is 24.0 Å². The third kappa shape index (κ3) is 0.968. The zero-order chi connectivity index (χ0) is 9.47. The van der Waals surface area contributed by atoms with Gasteiger partial charge in [-0.2, -0.15) is 0 Å². The van der Waals surface area contributed by atoms with Crippen LogP contribution in [-0.2, 0) is 22.0 Å². The van der Waals surface area contributed by atoms with E-state index in [9.17, 15) is 4.79 Å². The topological polar surface area (TPSA) is 64.4 Å². The molecular weight excluding hydrogens is 172 g/mol. The molecule has 0 radical (unpaired) electrons. The van der Waals surface area contributed by atoms with Crippen LogP contribution in [0.3, 0.4) is 0 Å². The molecule has 0 bridgehead atoms. The van der Waals surface area contributed by atoms with E-state index in [0.29, 0.717) is 5.82 Å². The molecule has 13 heavy (non-hydrogen) atoms.